The van der Waals surface area contributed by atoms with Crippen LogP contribution in [0.4, 0.5) is 0 Å². The first kappa shape index (κ1) is 15.8. The molecule has 0 aromatic carbocycles. The lowest BCUT2D eigenvalue weighted by Gasteiger charge is -2.39. The zero-order chi connectivity index (χ0) is 12.5. The van der Waals surface area contributed by atoms with E-state index in [9.17, 15) is 4.79 Å². The van der Waals surface area contributed by atoms with Gasteiger partial charge in [0.15, 0.2) is 0 Å². The molecular weight excluding hydrogens is 248 g/mol. The van der Waals surface area contributed by atoms with Crippen molar-refractivity contribution < 1.29 is 4.79 Å². The molecule has 0 spiro atoms. The lowest BCUT2D eigenvalue weighted by Crippen LogP contribution is -2.47. The largest absolute Gasteiger partial charge is 0.342 e. The SMILES string of the molecule is CC1(C)CCCN(C(=O)[C@@H]2CCC[C@@H]2CN)C1.Cl. The lowest BCUT2D eigenvalue weighted by molar-refractivity contribution is -0.139. The van der Waals surface area contributed by atoms with Gasteiger partial charge in [-0.25, -0.2) is 0 Å². The summed E-state index contributed by atoms with van der Waals surface area (Å²) in [6.45, 7) is 7.09. The van der Waals surface area contributed by atoms with Gasteiger partial charge in [0.25, 0.3) is 0 Å². The van der Waals surface area contributed by atoms with Gasteiger partial charge in [0.05, 0.1) is 0 Å². The number of hydrogen-bond acceptors (Lipinski definition) is 2. The highest BCUT2D eigenvalue weighted by Crippen LogP contribution is 2.35. The summed E-state index contributed by atoms with van der Waals surface area (Å²) >= 11 is 0. The number of carbonyl (C=O) groups is 1. The molecule has 0 radical (unpaired) electrons. The van der Waals surface area contributed by atoms with Crippen LogP contribution >= 0.6 is 12.4 Å². The number of halogens is 1. The van der Waals surface area contributed by atoms with Crippen LogP contribution in [0.5, 0.6) is 0 Å². The Balaban J connectivity index is 0.00000162. The normalized spacial score (nSPS) is 30.9. The van der Waals surface area contributed by atoms with Crippen LogP contribution in [-0.4, -0.2) is 30.4 Å². The van der Waals surface area contributed by atoms with Crippen LogP contribution < -0.4 is 5.73 Å². The first-order chi connectivity index (χ1) is 8.03. The van der Waals surface area contributed by atoms with Crippen LogP contribution in [0.3, 0.4) is 0 Å². The molecule has 0 aromatic rings. The van der Waals surface area contributed by atoms with Crippen LogP contribution in [0.15, 0.2) is 0 Å². The Morgan fingerprint density at radius 3 is 2.67 bits per heavy atom. The van der Waals surface area contributed by atoms with Crippen molar-refractivity contribution in [1.82, 2.24) is 4.90 Å². The highest BCUT2D eigenvalue weighted by atomic mass is 35.5. The van der Waals surface area contributed by atoms with E-state index in [1.807, 2.05) is 0 Å². The van der Waals surface area contributed by atoms with Gasteiger partial charge in [-0.2, -0.15) is 0 Å². The first-order valence-electron chi connectivity index (χ1n) is 7.02. The molecule has 106 valence electrons. The summed E-state index contributed by atoms with van der Waals surface area (Å²) in [6.07, 6.45) is 5.76. The van der Waals surface area contributed by atoms with Crippen molar-refractivity contribution >= 4 is 18.3 Å². The number of carbonyl (C=O) groups excluding carboxylic acids is 1. The molecule has 4 heteroatoms. The van der Waals surface area contributed by atoms with Gasteiger partial charge in [0, 0.05) is 19.0 Å². The zero-order valence-corrected chi connectivity index (χ0v) is 12.5. The van der Waals surface area contributed by atoms with Crippen molar-refractivity contribution in [2.45, 2.75) is 46.0 Å². The molecule has 2 aliphatic rings. The van der Waals surface area contributed by atoms with E-state index < -0.39 is 0 Å². The van der Waals surface area contributed by atoms with Gasteiger partial charge < -0.3 is 10.6 Å². The molecule has 2 atom stereocenters. The molecular formula is C14H27ClN2O. The van der Waals surface area contributed by atoms with Gasteiger partial charge in [0.1, 0.15) is 0 Å². The second-order valence-electron chi connectivity index (χ2n) is 6.56. The lowest BCUT2D eigenvalue weighted by atomic mass is 9.83. The highest BCUT2D eigenvalue weighted by molar-refractivity contribution is 5.85. The maximum atomic E-state index is 12.5. The van der Waals surface area contributed by atoms with Crippen molar-refractivity contribution in [1.29, 1.82) is 0 Å². The van der Waals surface area contributed by atoms with Gasteiger partial charge in [-0.1, -0.05) is 20.3 Å². The molecule has 1 saturated heterocycles. The minimum Gasteiger partial charge on any atom is -0.342 e. The molecule has 1 saturated carbocycles. The molecule has 1 heterocycles. The van der Waals surface area contributed by atoms with Crippen molar-refractivity contribution in [3.8, 4) is 0 Å². The monoisotopic (exact) mass is 274 g/mol. The van der Waals surface area contributed by atoms with E-state index in [1.54, 1.807) is 0 Å². The fourth-order valence-corrected chi connectivity index (χ4v) is 3.49. The molecule has 0 unspecified atom stereocenters. The summed E-state index contributed by atoms with van der Waals surface area (Å²) in [7, 11) is 0. The van der Waals surface area contributed by atoms with Crippen LogP contribution in [0.1, 0.15) is 46.0 Å². The number of likely N-dealkylation sites (tertiary alicyclic amines) is 1. The van der Waals surface area contributed by atoms with Gasteiger partial charge in [-0.15, -0.1) is 12.4 Å². The zero-order valence-electron chi connectivity index (χ0n) is 11.7. The van der Waals surface area contributed by atoms with Crippen LogP contribution in [0, 0.1) is 17.3 Å². The van der Waals surface area contributed by atoms with Crippen molar-refractivity contribution in [2.24, 2.45) is 23.0 Å². The molecule has 3 nitrogen and oxygen atoms in total. The summed E-state index contributed by atoms with van der Waals surface area (Å²) < 4.78 is 0. The molecule has 2 fully saturated rings. The summed E-state index contributed by atoms with van der Waals surface area (Å²) in [6, 6.07) is 0. The number of nitrogens with zero attached hydrogens (tertiary/aromatic N) is 1. The van der Waals surface area contributed by atoms with Gasteiger partial charge in [0.2, 0.25) is 5.91 Å². The second-order valence-corrected chi connectivity index (χ2v) is 6.56. The highest BCUT2D eigenvalue weighted by Gasteiger charge is 2.37. The van der Waals surface area contributed by atoms with Crippen LogP contribution in [0.25, 0.3) is 0 Å². The Hall–Kier alpha value is -0.280. The quantitative estimate of drug-likeness (QED) is 0.841. The van der Waals surface area contributed by atoms with Crippen molar-refractivity contribution in [3.63, 3.8) is 0 Å². The predicted octanol–water partition coefficient (Wildman–Crippen LogP) is 2.43. The van der Waals surface area contributed by atoms with E-state index in [2.05, 4.69) is 18.7 Å². The summed E-state index contributed by atoms with van der Waals surface area (Å²) in [5.41, 5.74) is 6.07. The number of amides is 1. The van der Waals surface area contributed by atoms with Gasteiger partial charge in [-0.05, 0) is 43.6 Å². The Labute approximate surface area is 117 Å². The summed E-state index contributed by atoms with van der Waals surface area (Å²) in [5.74, 6) is 1.03. The van der Waals surface area contributed by atoms with Crippen LogP contribution in [-0.2, 0) is 4.79 Å². The molecule has 18 heavy (non-hydrogen) atoms. The minimum absolute atomic E-state index is 0. The topological polar surface area (TPSA) is 46.3 Å². The van der Waals surface area contributed by atoms with Crippen LogP contribution in [0.2, 0.25) is 0 Å². The summed E-state index contributed by atoms with van der Waals surface area (Å²) in [4.78, 5) is 14.6. The van der Waals surface area contributed by atoms with Crippen molar-refractivity contribution in [2.75, 3.05) is 19.6 Å². The molecule has 0 bridgehead atoms. The third-order valence-corrected chi connectivity index (χ3v) is 4.49. The Morgan fingerprint density at radius 1 is 1.33 bits per heavy atom. The van der Waals surface area contributed by atoms with E-state index in [1.165, 1.54) is 12.8 Å². The Bertz CT molecular complexity index is 294. The Kier molecular flexibility index (Phi) is 5.47. The third-order valence-electron chi connectivity index (χ3n) is 4.49. The van der Waals surface area contributed by atoms with E-state index in [0.717, 1.165) is 32.4 Å². The predicted molar refractivity (Wildman–Crippen MR) is 76.7 cm³/mol. The van der Waals surface area contributed by atoms with Gasteiger partial charge in [-0.3, -0.25) is 4.79 Å². The standard InChI is InChI=1S/C14H26N2O.ClH/c1-14(2)7-4-8-16(10-14)13(17)12-6-3-5-11(12)9-15;/h11-12H,3-10,15H2,1-2H3;1H/t11-,12-;/m1./s1. The van der Waals surface area contributed by atoms with E-state index in [0.29, 0.717) is 23.8 Å². The Morgan fingerprint density at radius 2 is 2.06 bits per heavy atom. The number of nitrogens with two attached hydrogens (primary N) is 1. The minimum atomic E-state index is 0. The number of hydrogen-bond donors (Lipinski definition) is 1. The van der Waals surface area contributed by atoms with Gasteiger partial charge >= 0.3 is 0 Å². The second kappa shape index (κ2) is 6.25. The molecule has 1 aliphatic carbocycles. The molecule has 2 N–H and O–H groups in total. The fourth-order valence-electron chi connectivity index (χ4n) is 3.49. The van der Waals surface area contributed by atoms with E-state index in [4.69, 9.17) is 5.73 Å². The number of piperidine rings is 1. The average Bonchev–Trinajstić information content (AvgIpc) is 2.74. The maximum Gasteiger partial charge on any atom is 0.226 e. The molecule has 1 amide bonds. The van der Waals surface area contributed by atoms with E-state index >= 15 is 0 Å². The van der Waals surface area contributed by atoms with Crippen molar-refractivity contribution in [3.05, 3.63) is 0 Å². The summed E-state index contributed by atoms with van der Waals surface area (Å²) in [5, 5.41) is 0. The average molecular weight is 275 g/mol. The molecule has 0 aromatic heterocycles. The van der Waals surface area contributed by atoms with E-state index in [-0.39, 0.29) is 18.3 Å². The first-order valence-corrected chi connectivity index (χ1v) is 7.02. The third kappa shape index (κ3) is 3.39. The maximum absolute atomic E-state index is 12.5. The molecule has 1 aliphatic heterocycles. The number of rotatable bonds is 2. The fraction of sp³-hybridized carbons (Fsp3) is 0.929. The smallest absolute Gasteiger partial charge is 0.226 e. The molecule has 2 rings (SSSR count).